The zero-order valence-corrected chi connectivity index (χ0v) is 19.8. The van der Waals surface area contributed by atoms with Crippen molar-refractivity contribution in [1.29, 1.82) is 0 Å². The largest absolute Gasteiger partial charge is 0.378 e. The Morgan fingerprint density at radius 2 is 1.88 bits per heavy atom. The molecule has 0 bridgehead atoms. The van der Waals surface area contributed by atoms with Crippen LogP contribution >= 0.6 is 0 Å². The van der Waals surface area contributed by atoms with Gasteiger partial charge >= 0.3 is 0 Å². The Kier molecular flexibility index (Phi) is 6.40. The van der Waals surface area contributed by atoms with Crippen LogP contribution in [-0.2, 0) is 11.2 Å². The van der Waals surface area contributed by atoms with Crippen molar-refractivity contribution in [2.24, 2.45) is 0 Å². The van der Waals surface area contributed by atoms with Crippen molar-refractivity contribution >= 4 is 23.4 Å². The summed E-state index contributed by atoms with van der Waals surface area (Å²) >= 11 is 0. The number of hydrogen-bond donors (Lipinski definition) is 0. The molecule has 176 valence electrons. The summed E-state index contributed by atoms with van der Waals surface area (Å²) in [6.07, 6.45) is 4.48. The maximum Gasteiger partial charge on any atom is 0.253 e. The summed E-state index contributed by atoms with van der Waals surface area (Å²) in [7, 11) is 0. The van der Waals surface area contributed by atoms with E-state index in [4.69, 9.17) is 14.7 Å². The molecule has 2 aliphatic heterocycles. The average Bonchev–Trinajstić information content (AvgIpc) is 3.34. The predicted molar refractivity (Wildman–Crippen MR) is 133 cm³/mol. The van der Waals surface area contributed by atoms with Crippen LogP contribution in [0.15, 0.2) is 48.8 Å². The molecule has 1 aromatic carbocycles. The van der Waals surface area contributed by atoms with Crippen molar-refractivity contribution in [1.82, 2.24) is 19.9 Å². The number of benzene rings is 1. The van der Waals surface area contributed by atoms with Crippen molar-refractivity contribution in [2.75, 3.05) is 55.7 Å². The zero-order valence-electron chi connectivity index (χ0n) is 19.8. The summed E-state index contributed by atoms with van der Waals surface area (Å²) in [5.74, 6) is 1.66. The summed E-state index contributed by atoms with van der Waals surface area (Å²) in [4.78, 5) is 33.6. The molecule has 3 aromatic rings. The molecule has 8 nitrogen and oxygen atoms in total. The molecule has 1 fully saturated rings. The number of pyridine rings is 1. The highest BCUT2D eigenvalue weighted by Crippen LogP contribution is 2.39. The number of fused-ring (bicyclic) bond motifs is 1. The number of anilines is 3. The van der Waals surface area contributed by atoms with Gasteiger partial charge in [-0.2, -0.15) is 4.98 Å². The van der Waals surface area contributed by atoms with E-state index in [1.807, 2.05) is 55.3 Å². The second kappa shape index (κ2) is 9.77. The monoisotopic (exact) mass is 458 g/mol. The van der Waals surface area contributed by atoms with Crippen LogP contribution in [0.25, 0.3) is 11.3 Å². The topological polar surface area (TPSA) is 74.7 Å². The molecule has 4 heterocycles. The fourth-order valence-electron chi connectivity index (χ4n) is 4.64. The minimum absolute atomic E-state index is 0.0444. The van der Waals surface area contributed by atoms with Gasteiger partial charge in [0.2, 0.25) is 5.95 Å². The number of rotatable bonds is 6. The Morgan fingerprint density at radius 1 is 1.06 bits per heavy atom. The molecule has 2 aromatic heterocycles. The lowest BCUT2D eigenvalue weighted by atomic mass is 10.0. The summed E-state index contributed by atoms with van der Waals surface area (Å²) < 4.78 is 5.55. The second-order valence-electron chi connectivity index (χ2n) is 8.44. The Balaban J connectivity index is 1.61. The number of nitrogens with zero attached hydrogens (tertiary/aromatic N) is 6. The van der Waals surface area contributed by atoms with E-state index >= 15 is 0 Å². The van der Waals surface area contributed by atoms with Gasteiger partial charge in [-0.25, -0.2) is 4.98 Å². The third-order valence-electron chi connectivity index (χ3n) is 6.50. The van der Waals surface area contributed by atoms with Gasteiger partial charge in [0, 0.05) is 55.6 Å². The third-order valence-corrected chi connectivity index (χ3v) is 6.50. The van der Waals surface area contributed by atoms with E-state index in [0.29, 0.717) is 37.8 Å². The molecule has 8 heteroatoms. The normalized spacial score (nSPS) is 15.4. The van der Waals surface area contributed by atoms with E-state index in [9.17, 15) is 4.79 Å². The number of carbonyl (C=O) groups excluding carboxylic acids is 1. The first-order valence-corrected chi connectivity index (χ1v) is 12.0. The highest BCUT2D eigenvalue weighted by molar-refractivity contribution is 5.95. The van der Waals surface area contributed by atoms with Gasteiger partial charge in [-0.05, 0) is 44.5 Å². The summed E-state index contributed by atoms with van der Waals surface area (Å²) in [5.41, 5.74) is 4.65. The first-order chi connectivity index (χ1) is 16.7. The van der Waals surface area contributed by atoms with Gasteiger partial charge in [-0.15, -0.1) is 0 Å². The Labute approximate surface area is 200 Å². The van der Waals surface area contributed by atoms with Crippen LogP contribution < -0.4 is 9.80 Å². The zero-order chi connectivity index (χ0) is 23.5. The van der Waals surface area contributed by atoms with Crippen LogP contribution in [0.1, 0.15) is 29.8 Å². The molecule has 1 saturated heterocycles. The highest BCUT2D eigenvalue weighted by atomic mass is 16.5. The molecule has 0 radical (unpaired) electrons. The smallest absolute Gasteiger partial charge is 0.253 e. The van der Waals surface area contributed by atoms with Gasteiger partial charge in [0.15, 0.2) is 0 Å². The molecule has 0 atom stereocenters. The number of morpholine rings is 1. The van der Waals surface area contributed by atoms with Crippen LogP contribution in [0, 0.1) is 0 Å². The van der Waals surface area contributed by atoms with Gasteiger partial charge in [0.05, 0.1) is 30.8 Å². The third kappa shape index (κ3) is 4.21. The molecule has 34 heavy (non-hydrogen) atoms. The number of carbonyl (C=O) groups is 1. The van der Waals surface area contributed by atoms with Crippen LogP contribution in [-0.4, -0.2) is 71.7 Å². The molecule has 0 spiro atoms. The van der Waals surface area contributed by atoms with Crippen LogP contribution in [0.3, 0.4) is 0 Å². The van der Waals surface area contributed by atoms with E-state index in [2.05, 4.69) is 20.9 Å². The quantitative estimate of drug-likeness (QED) is 0.559. The van der Waals surface area contributed by atoms with Crippen molar-refractivity contribution in [3.63, 3.8) is 0 Å². The molecule has 0 N–H and O–H groups in total. The number of hydrogen-bond acceptors (Lipinski definition) is 7. The molecule has 5 rings (SSSR count). The van der Waals surface area contributed by atoms with E-state index in [-0.39, 0.29) is 5.91 Å². The number of ether oxygens (including phenoxy) is 1. The Morgan fingerprint density at radius 3 is 2.62 bits per heavy atom. The second-order valence-corrected chi connectivity index (χ2v) is 8.44. The lowest BCUT2D eigenvalue weighted by Gasteiger charge is -2.28. The standard InChI is InChI=1S/C26H30N6O2/c1-3-30(4-2)25(33)20-8-5-7-19(17-20)23-22-10-12-32(21-9-6-11-27-18-21)24(22)29-26(28-23)31-13-15-34-16-14-31/h5-9,11,17-18H,3-4,10,12-16H2,1-2H3. The van der Waals surface area contributed by atoms with E-state index < -0.39 is 0 Å². The van der Waals surface area contributed by atoms with Gasteiger partial charge in [0.1, 0.15) is 5.82 Å². The predicted octanol–water partition coefficient (Wildman–Crippen LogP) is 3.55. The van der Waals surface area contributed by atoms with Gasteiger partial charge in [-0.3, -0.25) is 9.78 Å². The molecular formula is C26H30N6O2. The Bertz CT molecular complexity index is 1160. The number of aromatic nitrogens is 3. The SMILES string of the molecule is CCN(CC)C(=O)c1cccc(-c2nc(N3CCOCC3)nc3c2CCN3c2cccnc2)c1. The molecule has 2 aliphatic rings. The first kappa shape index (κ1) is 22.3. The molecule has 0 saturated carbocycles. The molecule has 1 amide bonds. The minimum Gasteiger partial charge on any atom is -0.378 e. The first-order valence-electron chi connectivity index (χ1n) is 12.0. The Hall–Kier alpha value is -3.52. The number of amides is 1. The maximum atomic E-state index is 13.0. The maximum absolute atomic E-state index is 13.0. The van der Waals surface area contributed by atoms with Gasteiger partial charge in [0.25, 0.3) is 5.91 Å². The lowest BCUT2D eigenvalue weighted by molar-refractivity contribution is 0.0773. The fraction of sp³-hybridized carbons (Fsp3) is 0.385. The van der Waals surface area contributed by atoms with Crippen molar-refractivity contribution in [3.05, 3.63) is 59.9 Å². The van der Waals surface area contributed by atoms with Crippen LogP contribution in [0.5, 0.6) is 0 Å². The van der Waals surface area contributed by atoms with E-state index in [1.54, 1.807) is 6.20 Å². The van der Waals surface area contributed by atoms with Crippen molar-refractivity contribution in [3.8, 4) is 11.3 Å². The lowest BCUT2D eigenvalue weighted by Crippen LogP contribution is -2.37. The van der Waals surface area contributed by atoms with E-state index in [1.165, 1.54) is 0 Å². The minimum atomic E-state index is 0.0444. The van der Waals surface area contributed by atoms with Gasteiger partial charge in [-0.1, -0.05) is 12.1 Å². The average molecular weight is 459 g/mol. The summed E-state index contributed by atoms with van der Waals surface area (Å²) in [6, 6.07) is 11.8. The molecule has 0 aliphatic carbocycles. The molecule has 0 unspecified atom stereocenters. The van der Waals surface area contributed by atoms with Crippen LogP contribution in [0.4, 0.5) is 17.5 Å². The fourth-order valence-corrected chi connectivity index (χ4v) is 4.64. The van der Waals surface area contributed by atoms with E-state index in [0.717, 1.165) is 54.4 Å². The highest BCUT2D eigenvalue weighted by Gasteiger charge is 2.29. The summed E-state index contributed by atoms with van der Waals surface area (Å²) in [5, 5.41) is 0. The van der Waals surface area contributed by atoms with Gasteiger partial charge < -0.3 is 19.4 Å². The summed E-state index contributed by atoms with van der Waals surface area (Å²) in [6.45, 7) is 9.03. The van der Waals surface area contributed by atoms with Crippen molar-refractivity contribution in [2.45, 2.75) is 20.3 Å². The molecular weight excluding hydrogens is 428 g/mol. The van der Waals surface area contributed by atoms with Crippen molar-refractivity contribution < 1.29 is 9.53 Å². The van der Waals surface area contributed by atoms with Crippen LogP contribution in [0.2, 0.25) is 0 Å².